The third kappa shape index (κ3) is 6.07. The van der Waals surface area contributed by atoms with Gasteiger partial charge in [0.2, 0.25) is 0 Å². The van der Waals surface area contributed by atoms with Crippen LogP contribution in [0.3, 0.4) is 0 Å². The summed E-state index contributed by atoms with van der Waals surface area (Å²) in [4.78, 5) is 23.3. The Bertz CT molecular complexity index is 1440. The minimum absolute atomic E-state index is 0.0587. The second-order valence-electron chi connectivity index (χ2n) is 8.32. The van der Waals surface area contributed by atoms with Gasteiger partial charge in [-0.05, 0) is 62.2 Å². The second kappa shape index (κ2) is 11.0. The zero-order valence-corrected chi connectivity index (χ0v) is 20.4. The first kappa shape index (κ1) is 24.9. The van der Waals surface area contributed by atoms with E-state index in [1.807, 2.05) is 0 Å². The summed E-state index contributed by atoms with van der Waals surface area (Å²) in [5.41, 5.74) is 2.40. The summed E-state index contributed by atoms with van der Waals surface area (Å²) in [6.45, 7) is 5.40. The number of rotatable bonds is 8. The Morgan fingerprint density at radius 3 is 2.69 bits per heavy atom. The zero-order chi connectivity index (χ0) is 25.7. The number of hydrogen-bond donors (Lipinski definition) is 2. The number of halogens is 1. The average Bonchev–Trinajstić information content (AvgIpc) is 3.60. The van der Waals surface area contributed by atoms with Crippen molar-refractivity contribution in [2.45, 2.75) is 25.8 Å². The van der Waals surface area contributed by atoms with Crippen molar-refractivity contribution in [1.82, 2.24) is 5.32 Å². The summed E-state index contributed by atoms with van der Waals surface area (Å²) in [5.74, 6) is 6.87. The standard InChI is InChI=1S/C29H24ClNO5/c1-3-4-19(13-18(2)30)5-12-24-25-14-21(16-32)26(33)15-27(25)36-29(24)20-6-10-23(11-7-20)35-17-28(34)31-22-8-9-22/h3-4,6-7,10-11,13-16,22,33H,1,8-9,17H2,2H3,(H,31,34)/b18-13+,19-4-. The number of phenols is 1. The smallest absolute Gasteiger partial charge is 0.258 e. The Morgan fingerprint density at radius 2 is 2.06 bits per heavy atom. The summed E-state index contributed by atoms with van der Waals surface area (Å²) >= 11 is 6.03. The number of aromatic hydroxyl groups is 1. The molecule has 36 heavy (non-hydrogen) atoms. The molecule has 182 valence electrons. The van der Waals surface area contributed by atoms with E-state index in [4.69, 9.17) is 20.8 Å². The lowest BCUT2D eigenvalue weighted by Gasteiger charge is -2.07. The molecule has 1 aliphatic carbocycles. The highest BCUT2D eigenvalue weighted by Gasteiger charge is 2.23. The van der Waals surface area contributed by atoms with Crippen LogP contribution < -0.4 is 10.1 Å². The van der Waals surface area contributed by atoms with Gasteiger partial charge < -0.3 is 19.6 Å². The Hall–Kier alpha value is -4.21. The monoisotopic (exact) mass is 501 g/mol. The normalized spacial score (nSPS) is 13.6. The molecule has 0 radical (unpaired) electrons. The third-order valence-corrected chi connectivity index (χ3v) is 5.49. The van der Waals surface area contributed by atoms with E-state index in [2.05, 4.69) is 23.7 Å². The molecule has 0 atom stereocenters. The van der Waals surface area contributed by atoms with E-state index in [0.717, 1.165) is 12.8 Å². The molecule has 7 heteroatoms. The molecule has 0 spiro atoms. The summed E-state index contributed by atoms with van der Waals surface area (Å²) in [7, 11) is 0. The zero-order valence-electron chi connectivity index (χ0n) is 19.6. The van der Waals surface area contributed by atoms with Gasteiger partial charge in [0.15, 0.2) is 18.7 Å². The molecule has 1 aliphatic rings. The fraction of sp³-hybridized carbons (Fsp3) is 0.172. The Kier molecular flexibility index (Phi) is 7.62. The first-order valence-corrected chi connectivity index (χ1v) is 11.7. The van der Waals surface area contributed by atoms with Crippen molar-refractivity contribution in [3.63, 3.8) is 0 Å². The maximum Gasteiger partial charge on any atom is 0.258 e. The lowest BCUT2D eigenvalue weighted by Crippen LogP contribution is -2.30. The molecule has 0 aliphatic heterocycles. The Morgan fingerprint density at radius 1 is 1.31 bits per heavy atom. The summed E-state index contributed by atoms with van der Waals surface area (Å²) in [6, 6.07) is 10.3. The van der Waals surface area contributed by atoms with Crippen molar-refractivity contribution in [3.8, 4) is 34.7 Å². The van der Waals surface area contributed by atoms with E-state index in [0.29, 0.717) is 50.5 Å². The SMILES string of the molecule is C=C/C=C(C#Cc1c(-c2ccc(OCC(=O)NC3CC3)cc2)oc2cc(O)c(C=O)cc12)\C=C(/C)Cl. The van der Waals surface area contributed by atoms with Crippen LogP contribution in [0, 0.1) is 11.8 Å². The molecule has 0 saturated heterocycles. The van der Waals surface area contributed by atoms with Crippen molar-refractivity contribution < 1.29 is 23.8 Å². The van der Waals surface area contributed by atoms with Crippen molar-refractivity contribution in [3.05, 3.63) is 82.9 Å². The minimum Gasteiger partial charge on any atom is -0.507 e. The average molecular weight is 502 g/mol. The van der Waals surface area contributed by atoms with Crippen LogP contribution in [0.5, 0.6) is 11.5 Å². The van der Waals surface area contributed by atoms with Gasteiger partial charge in [-0.25, -0.2) is 0 Å². The van der Waals surface area contributed by atoms with Crippen LogP contribution in [0.2, 0.25) is 0 Å². The van der Waals surface area contributed by atoms with Gasteiger partial charge in [0.25, 0.3) is 5.91 Å². The van der Waals surface area contributed by atoms with E-state index >= 15 is 0 Å². The molecular formula is C29H24ClNO5. The fourth-order valence-corrected chi connectivity index (χ4v) is 3.64. The number of fused-ring (bicyclic) bond motifs is 1. The van der Waals surface area contributed by atoms with Crippen LogP contribution >= 0.6 is 11.6 Å². The number of phenolic OH excluding ortho intramolecular Hbond substituents is 1. The molecule has 1 heterocycles. The van der Waals surface area contributed by atoms with Crippen molar-refractivity contribution in [2.24, 2.45) is 0 Å². The first-order chi connectivity index (χ1) is 17.4. The van der Waals surface area contributed by atoms with Crippen LogP contribution in [0.1, 0.15) is 35.7 Å². The van der Waals surface area contributed by atoms with E-state index in [-0.39, 0.29) is 29.9 Å². The van der Waals surface area contributed by atoms with Gasteiger partial charge in [0.1, 0.15) is 17.1 Å². The number of ether oxygens (including phenoxy) is 1. The van der Waals surface area contributed by atoms with E-state index in [1.54, 1.807) is 55.5 Å². The quantitative estimate of drug-likeness (QED) is 0.228. The molecular weight excluding hydrogens is 478 g/mol. The minimum atomic E-state index is -0.182. The molecule has 4 rings (SSSR count). The van der Waals surface area contributed by atoms with Crippen LogP contribution in [-0.4, -0.2) is 29.9 Å². The Labute approximate surface area is 213 Å². The number of furan rings is 1. The number of nitrogens with one attached hydrogen (secondary N) is 1. The lowest BCUT2D eigenvalue weighted by molar-refractivity contribution is -0.123. The predicted molar refractivity (Wildman–Crippen MR) is 140 cm³/mol. The number of allylic oxidation sites excluding steroid dienone is 5. The van der Waals surface area contributed by atoms with Crippen molar-refractivity contribution in [2.75, 3.05) is 6.61 Å². The molecule has 2 aromatic carbocycles. The van der Waals surface area contributed by atoms with E-state index in [1.165, 1.54) is 6.07 Å². The van der Waals surface area contributed by atoms with Gasteiger partial charge >= 0.3 is 0 Å². The summed E-state index contributed by atoms with van der Waals surface area (Å²) in [6.07, 6.45) is 7.67. The fourth-order valence-electron chi connectivity index (χ4n) is 3.52. The van der Waals surface area contributed by atoms with Gasteiger partial charge in [0.05, 0.1) is 11.1 Å². The summed E-state index contributed by atoms with van der Waals surface area (Å²) < 4.78 is 11.7. The van der Waals surface area contributed by atoms with Crippen LogP contribution in [-0.2, 0) is 4.79 Å². The molecule has 6 nitrogen and oxygen atoms in total. The largest absolute Gasteiger partial charge is 0.507 e. The number of carbonyl (C=O) groups is 2. The topological polar surface area (TPSA) is 88.8 Å². The number of carbonyl (C=O) groups excluding carboxylic acids is 2. The predicted octanol–water partition coefficient (Wildman–Crippen LogP) is 5.88. The van der Waals surface area contributed by atoms with Gasteiger partial charge in [0, 0.05) is 33.7 Å². The number of benzene rings is 2. The molecule has 1 amide bonds. The molecule has 1 aromatic heterocycles. The van der Waals surface area contributed by atoms with E-state index in [9.17, 15) is 14.7 Å². The van der Waals surface area contributed by atoms with Crippen molar-refractivity contribution >= 4 is 34.8 Å². The van der Waals surface area contributed by atoms with Gasteiger partial charge in [-0.2, -0.15) is 0 Å². The molecule has 1 saturated carbocycles. The molecule has 3 aromatic rings. The van der Waals surface area contributed by atoms with Crippen LogP contribution in [0.15, 0.2) is 76.2 Å². The van der Waals surface area contributed by atoms with Gasteiger partial charge in [-0.15, -0.1) is 0 Å². The maximum atomic E-state index is 11.9. The number of hydrogen-bond acceptors (Lipinski definition) is 5. The highest BCUT2D eigenvalue weighted by Crippen LogP contribution is 2.36. The van der Waals surface area contributed by atoms with Gasteiger partial charge in [-0.3, -0.25) is 9.59 Å². The highest BCUT2D eigenvalue weighted by atomic mass is 35.5. The first-order valence-electron chi connectivity index (χ1n) is 11.3. The van der Waals surface area contributed by atoms with Crippen molar-refractivity contribution in [1.29, 1.82) is 0 Å². The Balaban J connectivity index is 1.71. The molecule has 2 N–H and O–H groups in total. The summed E-state index contributed by atoms with van der Waals surface area (Å²) in [5, 5.41) is 14.2. The highest BCUT2D eigenvalue weighted by molar-refractivity contribution is 6.29. The second-order valence-corrected chi connectivity index (χ2v) is 8.92. The number of amides is 1. The maximum absolute atomic E-state index is 11.9. The lowest BCUT2D eigenvalue weighted by atomic mass is 10.0. The van der Waals surface area contributed by atoms with Gasteiger partial charge in [-0.1, -0.05) is 36.1 Å². The van der Waals surface area contributed by atoms with E-state index < -0.39 is 0 Å². The van der Waals surface area contributed by atoms with Crippen LogP contribution in [0.25, 0.3) is 22.3 Å². The third-order valence-electron chi connectivity index (χ3n) is 5.38. The van der Waals surface area contributed by atoms with Crippen LogP contribution in [0.4, 0.5) is 0 Å². The molecule has 0 unspecified atom stereocenters. The number of aldehydes is 1. The molecule has 1 fully saturated rings. The molecule has 0 bridgehead atoms.